The van der Waals surface area contributed by atoms with Crippen LogP contribution in [0.4, 0.5) is 0 Å². The highest BCUT2D eigenvalue weighted by Gasteiger charge is 2.17. The molecular formula is C14H21NOS. The van der Waals surface area contributed by atoms with Gasteiger partial charge >= 0.3 is 0 Å². The number of hydrogen-bond acceptors (Lipinski definition) is 3. The minimum absolute atomic E-state index is 0.165. The molecule has 1 atom stereocenters. The third-order valence-corrected chi connectivity index (χ3v) is 3.88. The van der Waals surface area contributed by atoms with E-state index in [1.165, 1.54) is 11.3 Å². The van der Waals surface area contributed by atoms with Crippen LogP contribution in [-0.4, -0.2) is 23.1 Å². The largest absolute Gasteiger partial charge is 0.490 e. The number of thioether (sulfide) groups is 1. The van der Waals surface area contributed by atoms with Crippen molar-refractivity contribution in [2.24, 2.45) is 5.73 Å². The Morgan fingerprint density at radius 2 is 2.29 bits per heavy atom. The van der Waals surface area contributed by atoms with Crippen molar-refractivity contribution in [3.05, 3.63) is 29.8 Å². The quantitative estimate of drug-likeness (QED) is 0.893. The van der Waals surface area contributed by atoms with Gasteiger partial charge in [0.05, 0.1) is 0 Å². The Morgan fingerprint density at radius 1 is 1.47 bits per heavy atom. The Morgan fingerprint density at radius 3 is 2.94 bits per heavy atom. The van der Waals surface area contributed by atoms with Crippen LogP contribution in [-0.2, 0) is 6.42 Å². The first-order chi connectivity index (χ1) is 8.03. The van der Waals surface area contributed by atoms with E-state index >= 15 is 0 Å². The molecule has 0 aliphatic carbocycles. The normalized spacial score (nSPS) is 20.5. The number of rotatable bonds is 4. The van der Waals surface area contributed by atoms with E-state index in [1.54, 1.807) is 0 Å². The summed E-state index contributed by atoms with van der Waals surface area (Å²) in [7, 11) is 0. The van der Waals surface area contributed by atoms with Crippen molar-refractivity contribution >= 4 is 11.8 Å². The van der Waals surface area contributed by atoms with Gasteiger partial charge in [-0.3, -0.25) is 0 Å². The summed E-state index contributed by atoms with van der Waals surface area (Å²) >= 11 is 1.97. The molecule has 1 unspecified atom stereocenters. The van der Waals surface area contributed by atoms with Crippen LogP contribution < -0.4 is 10.5 Å². The van der Waals surface area contributed by atoms with E-state index in [1.807, 2.05) is 31.7 Å². The molecule has 0 radical (unpaired) electrons. The zero-order valence-electron chi connectivity index (χ0n) is 10.6. The lowest BCUT2D eigenvalue weighted by Gasteiger charge is -2.19. The molecule has 3 heteroatoms. The molecule has 17 heavy (non-hydrogen) atoms. The predicted octanol–water partition coefficient (Wildman–Crippen LogP) is 2.85. The van der Waals surface area contributed by atoms with Crippen LogP contribution in [0.25, 0.3) is 0 Å². The summed E-state index contributed by atoms with van der Waals surface area (Å²) in [5.74, 6) is 3.33. The van der Waals surface area contributed by atoms with E-state index in [-0.39, 0.29) is 5.54 Å². The first-order valence-corrected chi connectivity index (χ1v) is 7.31. The summed E-state index contributed by atoms with van der Waals surface area (Å²) in [6, 6.07) is 8.33. The van der Waals surface area contributed by atoms with Crippen molar-refractivity contribution in [2.75, 3.05) is 11.5 Å². The first kappa shape index (κ1) is 12.8. The zero-order valence-corrected chi connectivity index (χ0v) is 11.4. The Balaban J connectivity index is 2.00. The van der Waals surface area contributed by atoms with Gasteiger partial charge in [-0.2, -0.15) is 11.8 Å². The molecule has 0 saturated carbocycles. The van der Waals surface area contributed by atoms with Crippen molar-refractivity contribution < 1.29 is 4.74 Å². The molecule has 2 rings (SSSR count). The maximum Gasteiger partial charge on any atom is 0.120 e. The summed E-state index contributed by atoms with van der Waals surface area (Å²) in [5, 5.41) is 0. The molecule has 2 N–H and O–H groups in total. The Labute approximate surface area is 108 Å². The van der Waals surface area contributed by atoms with Crippen LogP contribution >= 0.6 is 11.8 Å². The second kappa shape index (κ2) is 5.32. The molecule has 1 fully saturated rings. The molecule has 1 aromatic carbocycles. The number of ether oxygens (including phenoxy) is 1. The third-order valence-electron chi connectivity index (χ3n) is 2.75. The van der Waals surface area contributed by atoms with Gasteiger partial charge in [0, 0.05) is 11.3 Å². The van der Waals surface area contributed by atoms with Crippen molar-refractivity contribution in [1.82, 2.24) is 0 Å². The maximum absolute atomic E-state index is 6.04. The number of benzene rings is 1. The van der Waals surface area contributed by atoms with E-state index in [0.29, 0.717) is 6.10 Å². The molecule has 0 aromatic heterocycles. The second-order valence-electron chi connectivity index (χ2n) is 5.42. The van der Waals surface area contributed by atoms with Crippen molar-refractivity contribution in [3.8, 4) is 5.75 Å². The average Bonchev–Trinajstić information content (AvgIpc) is 2.68. The smallest absolute Gasteiger partial charge is 0.120 e. The molecule has 1 saturated heterocycles. The fourth-order valence-corrected chi connectivity index (χ4v) is 3.15. The Bertz CT molecular complexity index is 367. The zero-order chi connectivity index (χ0) is 12.3. The van der Waals surface area contributed by atoms with E-state index in [2.05, 4.69) is 18.2 Å². The lowest BCUT2D eigenvalue weighted by Crippen LogP contribution is -2.34. The molecule has 0 amide bonds. The predicted molar refractivity (Wildman–Crippen MR) is 74.8 cm³/mol. The van der Waals surface area contributed by atoms with Crippen molar-refractivity contribution in [3.63, 3.8) is 0 Å². The van der Waals surface area contributed by atoms with Crippen LogP contribution in [0.15, 0.2) is 24.3 Å². The van der Waals surface area contributed by atoms with Gasteiger partial charge in [-0.15, -0.1) is 0 Å². The van der Waals surface area contributed by atoms with Gasteiger partial charge in [-0.05, 0) is 50.1 Å². The standard InChI is InChI=1S/C14H21NOS/c1-14(2,15)9-11-4-3-5-12(8-11)16-13-6-7-17-10-13/h3-5,8,13H,6-7,9-10,15H2,1-2H3. The van der Waals surface area contributed by atoms with Crippen molar-refractivity contribution in [2.45, 2.75) is 38.3 Å². The molecule has 1 heterocycles. The fourth-order valence-electron chi connectivity index (χ4n) is 2.05. The van der Waals surface area contributed by atoms with E-state index in [4.69, 9.17) is 10.5 Å². The molecule has 94 valence electrons. The highest BCUT2D eigenvalue weighted by molar-refractivity contribution is 7.99. The van der Waals surface area contributed by atoms with Crippen LogP contribution in [0.1, 0.15) is 25.8 Å². The van der Waals surface area contributed by atoms with Gasteiger partial charge in [0.15, 0.2) is 0 Å². The van der Waals surface area contributed by atoms with Gasteiger partial charge in [-0.1, -0.05) is 12.1 Å². The molecule has 0 spiro atoms. The van der Waals surface area contributed by atoms with E-state index in [0.717, 1.165) is 24.3 Å². The van der Waals surface area contributed by atoms with Gasteiger partial charge in [0.1, 0.15) is 11.9 Å². The second-order valence-corrected chi connectivity index (χ2v) is 6.57. The Hall–Kier alpha value is -0.670. The van der Waals surface area contributed by atoms with Crippen LogP contribution in [0.2, 0.25) is 0 Å². The molecule has 2 nitrogen and oxygen atoms in total. The summed E-state index contributed by atoms with van der Waals surface area (Å²) < 4.78 is 5.97. The Kier molecular flexibility index (Phi) is 4.00. The van der Waals surface area contributed by atoms with E-state index < -0.39 is 0 Å². The molecule has 1 aromatic rings. The first-order valence-electron chi connectivity index (χ1n) is 6.15. The average molecular weight is 251 g/mol. The molecule has 1 aliphatic heterocycles. The van der Waals surface area contributed by atoms with Gasteiger partial charge in [0.2, 0.25) is 0 Å². The fraction of sp³-hybridized carbons (Fsp3) is 0.571. The van der Waals surface area contributed by atoms with Crippen LogP contribution in [0, 0.1) is 0 Å². The SMILES string of the molecule is CC(C)(N)Cc1cccc(OC2CCSC2)c1. The summed E-state index contributed by atoms with van der Waals surface area (Å²) in [5.41, 5.74) is 7.12. The minimum Gasteiger partial charge on any atom is -0.490 e. The van der Waals surface area contributed by atoms with Crippen LogP contribution in [0.3, 0.4) is 0 Å². The summed E-state index contributed by atoms with van der Waals surface area (Å²) in [4.78, 5) is 0. The minimum atomic E-state index is -0.165. The summed E-state index contributed by atoms with van der Waals surface area (Å²) in [6.45, 7) is 4.10. The van der Waals surface area contributed by atoms with E-state index in [9.17, 15) is 0 Å². The number of nitrogens with two attached hydrogens (primary N) is 1. The number of hydrogen-bond donors (Lipinski definition) is 1. The van der Waals surface area contributed by atoms with Gasteiger partial charge in [0.25, 0.3) is 0 Å². The molecule has 1 aliphatic rings. The van der Waals surface area contributed by atoms with Gasteiger partial charge in [-0.25, -0.2) is 0 Å². The van der Waals surface area contributed by atoms with Gasteiger partial charge < -0.3 is 10.5 Å². The lowest BCUT2D eigenvalue weighted by atomic mass is 9.96. The van der Waals surface area contributed by atoms with Crippen LogP contribution in [0.5, 0.6) is 5.75 Å². The lowest BCUT2D eigenvalue weighted by molar-refractivity contribution is 0.229. The highest BCUT2D eigenvalue weighted by atomic mass is 32.2. The third kappa shape index (κ3) is 4.25. The monoisotopic (exact) mass is 251 g/mol. The maximum atomic E-state index is 6.04. The molecular weight excluding hydrogens is 230 g/mol. The van der Waals surface area contributed by atoms with Crippen molar-refractivity contribution in [1.29, 1.82) is 0 Å². The molecule has 0 bridgehead atoms. The topological polar surface area (TPSA) is 35.2 Å². The highest BCUT2D eigenvalue weighted by Crippen LogP contribution is 2.24. The summed E-state index contributed by atoms with van der Waals surface area (Å²) in [6.07, 6.45) is 2.43.